The van der Waals surface area contributed by atoms with Crippen LogP contribution in [0, 0.1) is 0 Å². The molecule has 1 aromatic heterocycles. The molecule has 1 atom stereocenters. The van der Waals surface area contributed by atoms with Gasteiger partial charge < -0.3 is 19.5 Å². The summed E-state index contributed by atoms with van der Waals surface area (Å²) < 4.78 is 16.3. The number of hydrogen-bond donors (Lipinski definition) is 1. The summed E-state index contributed by atoms with van der Waals surface area (Å²) in [6, 6.07) is 16.0. The van der Waals surface area contributed by atoms with Gasteiger partial charge in [0.1, 0.15) is 29.8 Å². The first-order chi connectivity index (χ1) is 19.0. The zero-order valence-electron chi connectivity index (χ0n) is 22.6. The molecular formula is C29H31Cl2N3O6. The maximum atomic E-state index is 12.9. The van der Waals surface area contributed by atoms with Crippen molar-refractivity contribution in [3.63, 3.8) is 0 Å². The number of aromatic nitrogens is 1. The van der Waals surface area contributed by atoms with Gasteiger partial charge in [0.05, 0.1) is 29.3 Å². The van der Waals surface area contributed by atoms with Crippen LogP contribution >= 0.6 is 23.2 Å². The smallest absolute Gasteiger partial charge is 0.416 e. The maximum absolute atomic E-state index is 12.9. The number of nitrogens with one attached hydrogen (secondary N) is 1. The molecule has 212 valence electrons. The number of rotatable bonds is 10. The molecule has 40 heavy (non-hydrogen) atoms. The van der Waals surface area contributed by atoms with Crippen molar-refractivity contribution in [1.82, 2.24) is 10.3 Å². The van der Waals surface area contributed by atoms with E-state index in [1.165, 1.54) is 24.1 Å². The topological polar surface area (TPSA) is 107 Å². The number of carbonyl (C=O) groups is 3. The molecule has 2 amide bonds. The van der Waals surface area contributed by atoms with E-state index in [2.05, 4.69) is 10.3 Å². The van der Waals surface area contributed by atoms with Crippen LogP contribution in [-0.2, 0) is 20.7 Å². The van der Waals surface area contributed by atoms with Crippen molar-refractivity contribution in [3.8, 4) is 5.75 Å². The largest absolute Gasteiger partial charge is 0.492 e. The summed E-state index contributed by atoms with van der Waals surface area (Å²) in [6.07, 6.45) is 1.17. The minimum Gasteiger partial charge on any atom is -0.492 e. The van der Waals surface area contributed by atoms with Gasteiger partial charge in [0.15, 0.2) is 0 Å². The van der Waals surface area contributed by atoms with Crippen molar-refractivity contribution in [2.75, 3.05) is 25.2 Å². The predicted molar refractivity (Wildman–Crippen MR) is 153 cm³/mol. The molecule has 0 saturated heterocycles. The molecule has 0 aliphatic heterocycles. The van der Waals surface area contributed by atoms with E-state index >= 15 is 0 Å². The molecule has 0 bridgehead atoms. The fraction of sp³-hybridized carbons (Fsp3) is 0.310. The van der Waals surface area contributed by atoms with Crippen molar-refractivity contribution >= 4 is 47.0 Å². The third-order valence-corrected chi connectivity index (χ3v) is 6.07. The molecule has 0 aliphatic carbocycles. The summed E-state index contributed by atoms with van der Waals surface area (Å²) in [5, 5.41) is 2.98. The fourth-order valence-corrected chi connectivity index (χ4v) is 4.23. The first-order valence-electron chi connectivity index (χ1n) is 12.4. The van der Waals surface area contributed by atoms with Crippen molar-refractivity contribution in [2.45, 2.75) is 38.8 Å². The first-order valence-corrected chi connectivity index (χ1v) is 13.2. The lowest BCUT2D eigenvalue weighted by Crippen LogP contribution is -2.43. The lowest BCUT2D eigenvalue weighted by Gasteiger charge is -2.26. The lowest BCUT2D eigenvalue weighted by molar-refractivity contribution is -0.142. The summed E-state index contributed by atoms with van der Waals surface area (Å²) in [7, 11) is 1.24. The summed E-state index contributed by atoms with van der Waals surface area (Å²) >= 11 is 12.3. The number of hydrogen-bond acceptors (Lipinski definition) is 7. The number of methoxy groups -OCH3 is 1. The van der Waals surface area contributed by atoms with Crippen molar-refractivity contribution in [2.24, 2.45) is 0 Å². The average molecular weight is 588 g/mol. The van der Waals surface area contributed by atoms with Gasteiger partial charge in [-0.05, 0) is 62.7 Å². The van der Waals surface area contributed by atoms with Crippen LogP contribution in [0.15, 0.2) is 66.9 Å². The average Bonchev–Trinajstić information content (AvgIpc) is 2.90. The summed E-state index contributed by atoms with van der Waals surface area (Å²) in [5.74, 6) is -0.294. The van der Waals surface area contributed by atoms with Crippen LogP contribution in [0.5, 0.6) is 5.75 Å². The van der Waals surface area contributed by atoms with E-state index < -0.39 is 29.6 Å². The first kappa shape index (κ1) is 30.7. The van der Waals surface area contributed by atoms with Gasteiger partial charge in [0.25, 0.3) is 5.91 Å². The van der Waals surface area contributed by atoms with Crippen LogP contribution in [0.4, 0.5) is 10.6 Å². The Morgan fingerprint density at radius 2 is 1.70 bits per heavy atom. The van der Waals surface area contributed by atoms with E-state index in [9.17, 15) is 14.4 Å². The molecule has 2 aromatic carbocycles. The number of pyridine rings is 1. The predicted octanol–water partition coefficient (Wildman–Crippen LogP) is 5.72. The van der Waals surface area contributed by atoms with Gasteiger partial charge >= 0.3 is 12.1 Å². The molecule has 0 saturated carbocycles. The van der Waals surface area contributed by atoms with Gasteiger partial charge in [-0.15, -0.1) is 0 Å². The lowest BCUT2D eigenvalue weighted by atomic mass is 10.0. The Balaban J connectivity index is 1.69. The van der Waals surface area contributed by atoms with Crippen LogP contribution in [0.2, 0.25) is 10.0 Å². The molecule has 1 N–H and O–H groups in total. The maximum Gasteiger partial charge on any atom is 0.416 e. The van der Waals surface area contributed by atoms with E-state index in [1.54, 1.807) is 75.5 Å². The van der Waals surface area contributed by atoms with Crippen molar-refractivity contribution in [1.29, 1.82) is 0 Å². The minimum absolute atomic E-state index is 0.0688. The summed E-state index contributed by atoms with van der Waals surface area (Å²) in [4.78, 5) is 43.8. The van der Waals surface area contributed by atoms with Crippen molar-refractivity contribution < 1.29 is 28.6 Å². The Kier molecular flexibility index (Phi) is 10.8. The highest BCUT2D eigenvalue weighted by molar-refractivity contribution is 6.39. The Bertz CT molecular complexity index is 1310. The van der Waals surface area contributed by atoms with E-state index in [0.717, 1.165) is 0 Å². The molecule has 0 fully saturated rings. The molecule has 0 unspecified atom stereocenters. The zero-order chi connectivity index (χ0) is 29.3. The third kappa shape index (κ3) is 8.86. The quantitative estimate of drug-likeness (QED) is 0.302. The van der Waals surface area contributed by atoms with Crippen LogP contribution < -0.4 is 15.0 Å². The summed E-state index contributed by atoms with van der Waals surface area (Å²) in [5.41, 5.74) is 0.0914. The number of amides is 2. The Morgan fingerprint density at radius 3 is 2.33 bits per heavy atom. The molecule has 0 radical (unpaired) electrons. The second-order valence-electron chi connectivity index (χ2n) is 9.67. The van der Waals surface area contributed by atoms with E-state index in [-0.39, 0.29) is 35.2 Å². The van der Waals surface area contributed by atoms with Crippen LogP contribution in [0.1, 0.15) is 36.7 Å². The number of ether oxygens (including phenoxy) is 3. The van der Waals surface area contributed by atoms with E-state index in [1.807, 2.05) is 0 Å². The standard InChI is InChI=1S/C29H31Cl2N3O6/c1-29(2,3)40-28(37)34(24-13-5-6-14-32-24)15-16-39-20-10-7-9-19(17-20)18-23(27(36)38-4)33-26(35)25-21(30)11-8-12-22(25)31/h5-14,17,23H,15-16,18H2,1-4H3,(H,33,35)/t23-/m0/s1. The SMILES string of the molecule is COC(=O)[C@H](Cc1cccc(OCCN(C(=O)OC(C)(C)C)c2ccccn2)c1)NC(=O)c1c(Cl)cccc1Cl. The van der Waals surface area contributed by atoms with Crippen LogP contribution in [0.3, 0.4) is 0 Å². The fourth-order valence-electron chi connectivity index (χ4n) is 3.66. The number of benzene rings is 2. The number of halogens is 2. The Morgan fingerprint density at radius 1 is 1.00 bits per heavy atom. The van der Waals surface area contributed by atoms with Gasteiger partial charge in [0.2, 0.25) is 0 Å². The molecule has 3 rings (SSSR count). The molecule has 9 nitrogen and oxygen atoms in total. The molecule has 0 aliphatic rings. The molecule has 1 heterocycles. The van der Waals surface area contributed by atoms with Crippen molar-refractivity contribution in [3.05, 3.63) is 88.0 Å². The second kappa shape index (κ2) is 14.0. The number of anilines is 1. The Hall–Kier alpha value is -3.82. The monoisotopic (exact) mass is 587 g/mol. The Labute approximate surface area is 243 Å². The number of esters is 1. The van der Waals surface area contributed by atoms with E-state index in [0.29, 0.717) is 17.1 Å². The number of nitrogens with zero attached hydrogens (tertiary/aromatic N) is 2. The molecular weight excluding hydrogens is 557 g/mol. The van der Waals surface area contributed by atoms with Gasteiger partial charge in [0, 0.05) is 12.6 Å². The highest BCUT2D eigenvalue weighted by atomic mass is 35.5. The van der Waals surface area contributed by atoms with Gasteiger partial charge in [-0.3, -0.25) is 9.69 Å². The van der Waals surface area contributed by atoms with Gasteiger partial charge in [-0.25, -0.2) is 14.6 Å². The normalized spacial score (nSPS) is 11.8. The molecule has 3 aromatic rings. The highest BCUT2D eigenvalue weighted by Gasteiger charge is 2.26. The third-order valence-electron chi connectivity index (χ3n) is 5.44. The highest BCUT2D eigenvalue weighted by Crippen LogP contribution is 2.24. The van der Waals surface area contributed by atoms with Crippen LogP contribution in [0.25, 0.3) is 0 Å². The molecule has 11 heteroatoms. The van der Waals surface area contributed by atoms with Crippen LogP contribution in [-0.4, -0.2) is 54.9 Å². The zero-order valence-corrected chi connectivity index (χ0v) is 24.2. The minimum atomic E-state index is -1.01. The summed E-state index contributed by atoms with van der Waals surface area (Å²) in [6.45, 7) is 5.68. The number of carbonyl (C=O) groups excluding carboxylic acids is 3. The van der Waals surface area contributed by atoms with Gasteiger partial charge in [-0.2, -0.15) is 0 Å². The van der Waals surface area contributed by atoms with E-state index in [4.69, 9.17) is 37.4 Å². The second-order valence-corrected chi connectivity index (χ2v) is 10.5. The van der Waals surface area contributed by atoms with Gasteiger partial charge in [-0.1, -0.05) is 47.5 Å². The molecule has 0 spiro atoms.